The molecule has 1 N–H and O–H groups in total. The zero-order chi connectivity index (χ0) is 17.1. The number of rotatable bonds is 5. The predicted molar refractivity (Wildman–Crippen MR) is 90.6 cm³/mol. The number of hydrogen-bond donors (Lipinski definition) is 1. The van der Waals surface area contributed by atoms with Crippen LogP contribution in [0.4, 0.5) is 0 Å². The molecule has 0 atom stereocenters. The van der Waals surface area contributed by atoms with Gasteiger partial charge < -0.3 is 14.5 Å². The van der Waals surface area contributed by atoms with Gasteiger partial charge in [-0.3, -0.25) is 4.79 Å². The Balaban J connectivity index is 2.17. The van der Waals surface area contributed by atoms with Gasteiger partial charge in [-0.05, 0) is 19.9 Å². The maximum absolute atomic E-state index is 12.9. The molecule has 2 heterocycles. The van der Waals surface area contributed by atoms with Crippen molar-refractivity contribution in [2.75, 3.05) is 19.7 Å². The van der Waals surface area contributed by atoms with Crippen molar-refractivity contribution in [2.24, 2.45) is 0 Å². The first kappa shape index (κ1) is 16.1. The third-order valence-electron chi connectivity index (χ3n) is 3.96. The fraction of sp³-hybridized carbons (Fsp3) is 0.278. The van der Waals surface area contributed by atoms with Crippen LogP contribution < -0.4 is 0 Å². The Labute approximate surface area is 139 Å². The number of nitrogens with zero attached hydrogens (tertiary/aromatic N) is 3. The summed E-state index contributed by atoms with van der Waals surface area (Å²) in [6.07, 6.45) is 0. The molecule has 3 rings (SSSR count). The van der Waals surface area contributed by atoms with E-state index in [9.17, 15) is 9.90 Å². The van der Waals surface area contributed by atoms with Crippen molar-refractivity contribution in [2.45, 2.75) is 13.8 Å². The molecule has 0 spiro atoms. The van der Waals surface area contributed by atoms with E-state index >= 15 is 0 Å². The zero-order valence-electron chi connectivity index (χ0n) is 13.7. The van der Waals surface area contributed by atoms with E-state index in [-0.39, 0.29) is 19.1 Å². The Bertz CT molecular complexity index is 859. The third kappa shape index (κ3) is 2.88. The SMILES string of the molecule is CCN(CCO)C(=O)c1cc(-c2ccccc2)nc2onc(C)c12. The largest absolute Gasteiger partial charge is 0.395 e. The van der Waals surface area contributed by atoms with Gasteiger partial charge in [0.05, 0.1) is 28.9 Å². The highest BCUT2D eigenvalue weighted by atomic mass is 16.5. The summed E-state index contributed by atoms with van der Waals surface area (Å²) in [4.78, 5) is 19.0. The van der Waals surface area contributed by atoms with Gasteiger partial charge in [0.15, 0.2) is 0 Å². The highest BCUT2D eigenvalue weighted by molar-refractivity contribution is 6.07. The second-order valence-electron chi connectivity index (χ2n) is 5.48. The zero-order valence-corrected chi connectivity index (χ0v) is 13.7. The standard InChI is InChI=1S/C18H19N3O3/c1-3-21(9-10-22)18(23)14-11-15(13-7-5-4-6-8-13)19-17-16(14)12(2)20-24-17/h4-8,11,22H,3,9-10H2,1-2H3. The minimum atomic E-state index is -0.164. The highest BCUT2D eigenvalue weighted by Crippen LogP contribution is 2.27. The van der Waals surface area contributed by atoms with E-state index in [1.165, 1.54) is 0 Å². The number of aromatic nitrogens is 2. The number of aliphatic hydroxyl groups is 1. The summed E-state index contributed by atoms with van der Waals surface area (Å²) in [5, 5.41) is 13.8. The molecule has 2 aromatic heterocycles. The van der Waals surface area contributed by atoms with Gasteiger partial charge in [0.1, 0.15) is 0 Å². The van der Waals surface area contributed by atoms with E-state index in [4.69, 9.17) is 4.52 Å². The maximum Gasteiger partial charge on any atom is 0.259 e. The van der Waals surface area contributed by atoms with Gasteiger partial charge in [0.25, 0.3) is 11.6 Å². The molecule has 1 aromatic carbocycles. The summed E-state index contributed by atoms with van der Waals surface area (Å²) in [6, 6.07) is 11.4. The maximum atomic E-state index is 12.9. The van der Waals surface area contributed by atoms with Crippen LogP contribution in [-0.4, -0.2) is 45.8 Å². The lowest BCUT2D eigenvalue weighted by molar-refractivity contribution is 0.0734. The van der Waals surface area contributed by atoms with E-state index in [1.807, 2.05) is 37.3 Å². The predicted octanol–water partition coefficient (Wildman–Crippen LogP) is 2.65. The average molecular weight is 325 g/mol. The first-order valence-corrected chi connectivity index (χ1v) is 7.88. The van der Waals surface area contributed by atoms with E-state index < -0.39 is 0 Å². The molecule has 3 aromatic rings. The summed E-state index contributed by atoms with van der Waals surface area (Å²) in [6.45, 7) is 4.37. The van der Waals surface area contributed by atoms with Crippen molar-refractivity contribution in [1.82, 2.24) is 15.0 Å². The molecule has 0 bridgehead atoms. The minimum absolute atomic E-state index is 0.0814. The highest BCUT2D eigenvalue weighted by Gasteiger charge is 2.22. The van der Waals surface area contributed by atoms with Crippen molar-refractivity contribution < 1.29 is 14.4 Å². The molecular formula is C18H19N3O3. The first-order valence-electron chi connectivity index (χ1n) is 7.88. The summed E-state index contributed by atoms with van der Waals surface area (Å²) in [7, 11) is 0. The second-order valence-corrected chi connectivity index (χ2v) is 5.48. The lowest BCUT2D eigenvalue weighted by Gasteiger charge is -2.20. The third-order valence-corrected chi connectivity index (χ3v) is 3.96. The van der Waals surface area contributed by atoms with Crippen LogP contribution >= 0.6 is 0 Å². The van der Waals surface area contributed by atoms with Crippen molar-refractivity contribution in [1.29, 1.82) is 0 Å². The van der Waals surface area contributed by atoms with Crippen LogP contribution in [0.25, 0.3) is 22.4 Å². The van der Waals surface area contributed by atoms with Crippen LogP contribution in [-0.2, 0) is 0 Å². The van der Waals surface area contributed by atoms with E-state index in [1.54, 1.807) is 17.9 Å². The Morgan fingerprint density at radius 1 is 1.29 bits per heavy atom. The van der Waals surface area contributed by atoms with Crippen LogP contribution in [0.1, 0.15) is 23.0 Å². The number of aryl methyl sites for hydroxylation is 1. The average Bonchev–Trinajstić information content (AvgIpc) is 3.00. The van der Waals surface area contributed by atoms with Gasteiger partial charge in [0, 0.05) is 18.7 Å². The van der Waals surface area contributed by atoms with Crippen LogP contribution in [0.5, 0.6) is 0 Å². The first-order chi connectivity index (χ1) is 11.7. The molecule has 0 unspecified atom stereocenters. The molecule has 0 fully saturated rings. The Hall–Kier alpha value is -2.73. The van der Waals surface area contributed by atoms with Gasteiger partial charge in [-0.25, -0.2) is 4.98 Å². The molecule has 24 heavy (non-hydrogen) atoms. The summed E-state index contributed by atoms with van der Waals surface area (Å²) >= 11 is 0. The van der Waals surface area contributed by atoms with Gasteiger partial charge in [-0.1, -0.05) is 35.5 Å². The molecule has 0 saturated carbocycles. The van der Waals surface area contributed by atoms with E-state index in [0.717, 1.165) is 5.56 Å². The molecular weight excluding hydrogens is 306 g/mol. The molecule has 6 heteroatoms. The molecule has 0 aliphatic rings. The fourth-order valence-electron chi connectivity index (χ4n) is 2.71. The van der Waals surface area contributed by atoms with E-state index in [2.05, 4.69) is 10.1 Å². The lowest BCUT2D eigenvalue weighted by Crippen LogP contribution is -2.33. The molecule has 0 aliphatic heterocycles. The Morgan fingerprint density at radius 3 is 2.71 bits per heavy atom. The number of benzene rings is 1. The minimum Gasteiger partial charge on any atom is -0.395 e. The topological polar surface area (TPSA) is 79.5 Å². The number of amides is 1. The van der Waals surface area contributed by atoms with Crippen LogP contribution in [0.2, 0.25) is 0 Å². The normalized spacial score (nSPS) is 11.0. The summed E-state index contributed by atoms with van der Waals surface area (Å²) in [5.41, 5.74) is 3.01. The Kier molecular flexibility index (Phi) is 4.57. The Morgan fingerprint density at radius 2 is 2.04 bits per heavy atom. The van der Waals surface area contributed by atoms with Crippen molar-refractivity contribution >= 4 is 17.0 Å². The molecule has 0 aliphatic carbocycles. The lowest BCUT2D eigenvalue weighted by atomic mass is 10.0. The van der Waals surface area contributed by atoms with Gasteiger partial charge in [0.2, 0.25) is 0 Å². The van der Waals surface area contributed by atoms with Gasteiger partial charge in [-0.15, -0.1) is 0 Å². The molecule has 124 valence electrons. The monoisotopic (exact) mass is 325 g/mol. The molecule has 0 radical (unpaired) electrons. The van der Waals surface area contributed by atoms with Crippen LogP contribution in [0.3, 0.4) is 0 Å². The number of fused-ring (bicyclic) bond motifs is 1. The second kappa shape index (κ2) is 6.80. The van der Waals surface area contributed by atoms with Crippen LogP contribution in [0, 0.1) is 6.92 Å². The summed E-state index contributed by atoms with van der Waals surface area (Å²) in [5.74, 6) is -0.164. The molecule has 0 saturated heterocycles. The molecule has 6 nitrogen and oxygen atoms in total. The van der Waals surface area contributed by atoms with Crippen LogP contribution in [0.15, 0.2) is 40.9 Å². The molecule has 1 amide bonds. The van der Waals surface area contributed by atoms with Crippen molar-refractivity contribution in [3.8, 4) is 11.3 Å². The number of carbonyl (C=O) groups is 1. The van der Waals surface area contributed by atoms with Crippen molar-refractivity contribution in [3.05, 3.63) is 47.7 Å². The van der Waals surface area contributed by atoms with Gasteiger partial charge >= 0.3 is 0 Å². The fourth-order valence-corrected chi connectivity index (χ4v) is 2.71. The quantitative estimate of drug-likeness (QED) is 0.780. The number of pyridine rings is 1. The van der Waals surface area contributed by atoms with Crippen molar-refractivity contribution in [3.63, 3.8) is 0 Å². The summed E-state index contributed by atoms with van der Waals surface area (Å²) < 4.78 is 5.29. The number of hydrogen-bond acceptors (Lipinski definition) is 5. The number of aliphatic hydroxyl groups excluding tert-OH is 1. The number of likely N-dealkylation sites (N-methyl/N-ethyl adjacent to an activating group) is 1. The smallest absolute Gasteiger partial charge is 0.259 e. The number of carbonyl (C=O) groups excluding carboxylic acids is 1. The van der Waals surface area contributed by atoms with Gasteiger partial charge in [-0.2, -0.15) is 0 Å². The van der Waals surface area contributed by atoms with E-state index in [0.29, 0.717) is 34.6 Å².